The number of hydrogen-bond acceptors (Lipinski definition) is 4. The van der Waals surface area contributed by atoms with E-state index in [9.17, 15) is 0 Å². The van der Waals surface area contributed by atoms with Gasteiger partial charge in [-0.2, -0.15) is 0 Å². The third kappa shape index (κ3) is 2.16. The molecule has 1 aromatic rings. The molecule has 1 atom stereocenters. The standard InChI is InChI=1S/C16H17NS4/c1-18-15-12-9-6-10-13-14(12)21(20-16(13)19-2)17(15)11-7-4-3-5-8-11/h3-5,7-8H,6,9-10H2,1-2H3. The number of rotatable bonds is 3. The third-order valence-electron chi connectivity index (χ3n) is 3.96. The van der Waals surface area contributed by atoms with Gasteiger partial charge in [0, 0.05) is 4.86 Å². The molecular formula is C16H17NS4. The van der Waals surface area contributed by atoms with E-state index in [-0.39, 0.29) is 9.70 Å². The zero-order chi connectivity index (χ0) is 14.4. The molecular weight excluding hydrogens is 334 g/mol. The molecule has 1 saturated carbocycles. The Kier molecular flexibility index (Phi) is 3.94. The first-order chi connectivity index (χ1) is 10.3. The van der Waals surface area contributed by atoms with Crippen molar-refractivity contribution in [2.24, 2.45) is 0 Å². The molecule has 0 aromatic heterocycles. The molecule has 1 aromatic carbocycles. The number of para-hydroxylation sites is 1. The summed E-state index contributed by atoms with van der Waals surface area (Å²) in [5.41, 5.74) is 4.63. The van der Waals surface area contributed by atoms with E-state index in [1.54, 1.807) is 20.2 Å². The van der Waals surface area contributed by atoms with Gasteiger partial charge in [0.05, 0.1) is 15.0 Å². The minimum absolute atomic E-state index is 0.151. The molecule has 2 heterocycles. The monoisotopic (exact) mass is 351 g/mol. The highest BCUT2D eigenvalue weighted by molar-refractivity contribution is 8.88. The Bertz CT molecular complexity index is 687. The maximum atomic E-state index is 2.59. The van der Waals surface area contributed by atoms with Crippen LogP contribution in [0.1, 0.15) is 19.3 Å². The Morgan fingerprint density at radius 1 is 1.05 bits per heavy atom. The molecule has 0 N–H and O–H groups in total. The average molecular weight is 352 g/mol. The van der Waals surface area contributed by atoms with E-state index in [2.05, 4.69) is 57.9 Å². The molecule has 21 heavy (non-hydrogen) atoms. The Labute approximate surface area is 141 Å². The van der Waals surface area contributed by atoms with Crippen molar-refractivity contribution in [3.8, 4) is 0 Å². The fraction of sp³-hybridized carbons (Fsp3) is 0.312. The van der Waals surface area contributed by atoms with Gasteiger partial charge in [0.1, 0.15) is 0 Å². The summed E-state index contributed by atoms with van der Waals surface area (Å²) in [4.78, 5) is 1.67. The van der Waals surface area contributed by atoms with Crippen LogP contribution in [0.4, 0.5) is 5.69 Å². The van der Waals surface area contributed by atoms with E-state index in [0.717, 1.165) is 0 Å². The van der Waals surface area contributed by atoms with Crippen LogP contribution in [0.25, 0.3) is 0 Å². The van der Waals surface area contributed by atoms with Crippen molar-refractivity contribution < 1.29 is 0 Å². The van der Waals surface area contributed by atoms with Crippen LogP contribution >= 0.6 is 44.0 Å². The van der Waals surface area contributed by atoms with Gasteiger partial charge in [-0.3, -0.25) is 4.31 Å². The Morgan fingerprint density at radius 3 is 2.52 bits per heavy atom. The van der Waals surface area contributed by atoms with Crippen molar-refractivity contribution in [2.45, 2.75) is 19.3 Å². The maximum Gasteiger partial charge on any atom is 0.0903 e. The van der Waals surface area contributed by atoms with Crippen LogP contribution < -0.4 is 4.31 Å². The summed E-state index contributed by atoms with van der Waals surface area (Å²) in [5.74, 6) is 0. The van der Waals surface area contributed by atoms with E-state index >= 15 is 0 Å². The predicted octanol–water partition coefficient (Wildman–Crippen LogP) is 5.86. The lowest BCUT2D eigenvalue weighted by molar-refractivity contribution is 0.816. The van der Waals surface area contributed by atoms with Gasteiger partial charge in [-0.1, -0.05) is 18.2 Å². The fourth-order valence-electron chi connectivity index (χ4n) is 3.09. The van der Waals surface area contributed by atoms with Crippen LogP contribution in [0.2, 0.25) is 0 Å². The highest BCUT2D eigenvalue weighted by Gasteiger charge is 2.40. The molecule has 0 spiro atoms. The van der Waals surface area contributed by atoms with E-state index in [1.165, 1.54) is 30.0 Å². The lowest BCUT2D eigenvalue weighted by Gasteiger charge is -2.25. The van der Waals surface area contributed by atoms with E-state index in [0.29, 0.717) is 0 Å². The van der Waals surface area contributed by atoms with Gasteiger partial charge in [0.15, 0.2) is 0 Å². The first kappa shape index (κ1) is 14.4. The molecule has 4 rings (SSSR count). The predicted molar refractivity (Wildman–Crippen MR) is 104 cm³/mol. The van der Waals surface area contributed by atoms with Crippen LogP contribution in [0.3, 0.4) is 0 Å². The van der Waals surface area contributed by atoms with Gasteiger partial charge in [-0.15, -0.1) is 23.5 Å². The summed E-state index contributed by atoms with van der Waals surface area (Å²) in [6.45, 7) is 0. The molecule has 0 bridgehead atoms. The first-order valence-corrected chi connectivity index (χ1v) is 12.0. The number of allylic oxidation sites excluding steroid dienone is 2. The smallest absolute Gasteiger partial charge is 0.0903 e. The van der Waals surface area contributed by atoms with Crippen molar-refractivity contribution in [3.63, 3.8) is 0 Å². The SMILES string of the molecule is CSC1=C2CCCC3=C(SC)N(c4ccccc4)S(=C23)S1. The molecule has 0 radical (unpaired) electrons. The van der Waals surface area contributed by atoms with Gasteiger partial charge < -0.3 is 0 Å². The van der Waals surface area contributed by atoms with Gasteiger partial charge in [0.25, 0.3) is 0 Å². The summed E-state index contributed by atoms with van der Waals surface area (Å²) in [5, 5.41) is 1.49. The molecule has 0 amide bonds. The summed E-state index contributed by atoms with van der Waals surface area (Å²) in [7, 11) is 2.24. The lowest BCUT2D eigenvalue weighted by atomic mass is 9.91. The minimum Gasteiger partial charge on any atom is -0.275 e. The summed E-state index contributed by atoms with van der Waals surface area (Å²) >= 11 is 3.85. The number of nitrogens with zero attached hydrogens (tertiary/aromatic N) is 1. The molecule has 1 aliphatic carbocycles. The lowest BCUT2D eigenvalue weighted by Crippen LogP contribution is -2.12. The number of hydrogen-bond donors (Lipinski definition) is 0. The summed E-state index contributed by atoms with van der Waals surface area (Å²) in [6, 6.07) is 10.9. The van der Waals surface area contributed by atoms with Crippen molar-refractivity contribution in [1.82, 2.24) is 0 Å². The molecule has 3 aliphatic rings. The highest BCUT2D eigenvalue weighted by atomic mass is 33.1. The Morgan fingerprint density at radius 2 is 1.81 bits per heavy atom. The second-order valence-corrected chi connectivity index (χ2v) is 10.3. The number of benzene rings is 1. The number of anilines is 1. The zero-order valence-electron chi connectivity index (χ0n) is 12.1. The Hall–Kier alpha value is -0.230. The van der Waals surface area contributed by atoms with Crippen molar-refractivity contribution in [2.75, 3.05) is 16.8 Å². The average Bonchev–Trinajstić information content (AvgIpc) is 3.07. The normalized spacial score (nSPS) is 24.2. The zero-order valence-corrected chi connectivity index (χ0v) is 15.4. The molecule has 110 valence electrons. The minimum atomic E-state index is 0.151. The van der Waals surface area contributed by atoms with E-state index < -0.39 is 0 Å². The van der Waals surface area contributed by atoms with Crippen LogP contribution in [-0.2, 0) is 0 Å². The highest BCUT2D eigenvalue weighted by Crippen LogP contribution is 2.63. The summed E-state index contributed by atoms with van der Waals surface area (Å²) < 4.78 is 4.15. The van der Waals surface area contributed by atoms with Crippen LogP contribution in [0, 0.1) is 0 Å². The second kappa shape index (κ2) is 5.76. The second-order valence-electron chi connectivity index (χ2n) is 5.10. The molecule has 5 heteroatoms. The van der Waals surface area contributed by atoms with Crippen LogP contribution in [0.5, 0.6) is 0 Å². The summed E-state index contributed by atoms with van der Waals surface area (Å²) in [6.07, 6.45) is 8.28. The molecule has 1 fully saturated rings. The van der Waals surface area contributed by atoms with Crippen molar-refractivity contribution in [1.29, 1.82) is 0 Å². The maximum absolute atomic E-state index is 2.59. The van der Waals surface area contributed by atoms with E-state index in [4.69, 9.17) is 0 Å². The van der Waals surface area contributed by atoms with Gasteiger partial charge in [-0.25, -0.2) is 0 Å². The van der Waals surface area contributed by atoms with Crippen molar-refractivity contribution >= 4 is 54.6 Å². The largest absolute Gasteiger partial charge is 0.275 e. The van der Waals surface area contributed by atoms with Gasteiger partial charge >= 0.3 is 0 Å². The molecule has 0 saturated heterocycles. The van der Waals surface area contributed by atoms with Crippen LogP contribution in [0.15, 0.2) is 50.7 Å². The van der Waals surface area contributed by atoms with E-state index in [1.807, 2.05) is 23.5 Å². The number of thioether (sulfide) groups is 2. The molecule has 1 nitrogen and oxygen atoms in total. The molecule has 2 aliphatic heterocycles. The first-order valence-electron chi connectivity index (χ1n) is 7.05. The quantitative estimate of drug-likeness (QED) is 0.495. The van der Waals surface area contributed by atoms with Gasteiger partial charge in [-0.05, 0) is 75.5 Å². The van der Waals surface area contributed by atoms with Crippen LogP contribution in [-0.4, -0.2) is 17.4 Å². The third-order valence-corrected chi connectivity index (χ3v) is 10.6. The molecule has 1 unspecified atom stereocenters. The van der Waals surface area contributed by atoms with Crippen molar-refractivity contribution in [3.05, 3.63) is 50.7 Å². The fourth-order valence-corrected chi connectivity index (χ4v) is 11.0. The van der Waals surface area contributed by atoms with Gasteiger partial charge in [0.2, 0.25) is 0 Å². The topological polar surface area (TPSA) is 3.24 Å². The Balaban J connectivity index is 1.88.